The van der Waals surface area contributed by atoms with Crippen LogP contribution in [0.5, 0.6) is 5.75 Å². The van der Waals surface area contributed by atoms with Gasteiger partial charge in [0.25, 0.3) is 0 Å². The van der Waals surface area contributed by atoms with E-state index in [1.54, 1.807) is 17.2 Å². The molecular formula is C32H39N5O4. The molecule has 3 amide bonds. The average molecular weight is 558 g/mol. The second kappa shape index (κ2) is 12.2. The summed E-state index contributed by atoms with van der Waals surface area (Å²) in [5.41, 5.74) is 2.96. The zero-order chi connectivity index (χ0) is 29.1. The third-order valence-corrected chi connectivity index (χ3v) is 8.35. The molecule has 6 rings (SSSR count). The number of nitrogens with one attached hydrogen (secondary N) is 3. The van der Waals surface area contributed by atoms with Crippen molar-refractivity contribution in [1.82, 2.24) is 25.4 Å². The number of amides is 3. The topological polar surface area (TPSA) is 107 Å². The smallest absolute Gasteiger partial charge is 0.247 e. The summed E-state index contributed by atoms with van der Waals surface area (Å²) in [4.78, 5) is 48.2. The summed E-state index contributed by atoms with van der Waals surface area (Å²) in [6, 6.07) is 13.4. The average Bonchev–Trinajstić information content (AvgIpc) is 3.58. The molecule has 4 heterocycles. The Kier molecular flexibility index (Phi) is 8.44. The predicted octanol–water partition coefficient (Wildman–Crippen LogP) is 3.32. The minimum Gasteiger partial charge on any atom is -0.488 e. The Morgan fingerprint density at radius 1 is 1.10 bits per heavy atom. The molecule has 0 radical (unpaired) electrons. The number of fused-ring (bicyclic) bond motifs is 8. The molecule has 0 aliphatic carbocycles. The lowest BCUT2D eigenvalue weighted by Crippen LogP contribution is -2.59. The number of hydrogen-bond donors (Lipinski definition) is 3. The number of H-pyrrole nitrogens is 1. The van der Waals surface area contributed by atoms with Crippen molar-refractivity contribution in [3.8, 4) is 5.75 Å². The summed E-state index contributed by atoms with van der Waals surface area (Å²) in [6.45, 7) is 4.29. The fourth-order valence-electron chi connectivity index (χ4n) is 5.72. The van der Waals surface area contributed by atoms with Crippen LogP contribution in [0.2, 0.25) is 0 Å². The second-order valence-electron chi connectivity index (χ2n) is 11.2. The quantitative estimate of drug-likeness (QED) is 0.431. The van der Waals surface area contributed by atoms with Crippen LogP contribution >= 0.6 is 0 Å². The van der Waals surface area contributed by atoms with E-state index in [-0.39, 0.29) is 23.6 Å². The monoisotopic (exact) mass is 557 g/mol. The number of carbonyl (C=O) groups is 3. The number of aromatic amines is 1. The number of likely N-dealkylation sites (tertiary alicyclic amines) is 1. The first-order valence-electron chi connectivity index (χ1n) is 14.3. The second-order valence-corrected chi connectivity index (χ2v) is 11.2. The largest absolute Gasteiger partial charge is 0.488 e. The molecule has 9 nitrogen and oxygen atoms in total. The summed E-state index contributed by atoms with van der Waals surface area (Å²) in [7, 11) is 3.76. The normalized spacial score (nSPS) is 23.3. The lowest BCUT2D eigenvalue weighted by atomic mass is 9.97. The highest BCUT2D eigenvalue weighted by Gasteiger charge is 2.46. The zero-order valence-corrected chi connectivity index (χ0v) is 24.1. The number of ether oxygens (including phenoxy) is 1. The number of likely N-dealkylation sites (N-methyl/N-ethyl adjacent to an activating group) is 1. The van der Waals surface area contributed by atoms with Gasteiger partial charge in [-0.3, -0.25) is 19.3 Å². The summed E-state index contributed by atoms with van der Waals surface area (Å²) in [5, 5.41) is 6.87. The third-order valence-electron chi connectivity index (χ3n) is 8.35. The van der Waals surface area contributed by atoms with Crippen molar-refractivity contribution >= 4 is 34.7 Å². The minimum absolute atomic E-state index is 0.111. The van der Waals surface area contributed by atoms with Gasteiger partial charge in [0.2, 0.25) is 17.7 Å². The van der Waals surface area contributed by atoms with Crippen LogP contribution in [-0.2, 0) is 20.8 Å². The third kappa shape index (κ3) is 6.00. The summed E-state index contributed by atoms with van der Waals surface area (Å²) in [6.07, 6.45) is 6.47. The lowest BCUT2D eigenvalue weighted by molar-refractivity contribution is -0.144. The molecule has 1 fully saturated rings. The van der Waals surface area contributed by atoms with E-state index in [4.69, 9.17) is 4.74 Å². The van der Waals surface area contributed by atoms with Crippen LogP contribution in [0.1, 0.15) is 37.8 Å². The molecule has 216 valence electrons. The van der Waals surface area contributed by atoms with Gasteiger partial charge in [-0.2, -0.15) is 0 Å². The Hall–Kier alpha value is -4.11. The van der Waals surface area contributed by atoms with Gasteiger partial charge in [-0.25, -0.2) is 0 Å². The molecule has 3 unspecified atom stereocenters. The molecule has 9 heteroatoms. The number of carbonyl (C=O) groups excluding carboxylic acids is 3. The maximum Gasteiger partial charge on any atom is 0.247 e. The van der Waals surface area contributed by atoms with Crippen LogP contribution < -0.4 is 15.4 Å². The van der Waals surface area contributed by atoms with E-state index in [0.717, 1.165) is 22.0 Å². The Labute approximate surface area is 240 Å². The van der Waals surface area contributed by atoms with E-state index in [2.05, 4.69) is 15.6 Å². The van der Waals surface area contributed by atoms with E-state index >= 15 is 0 Å². The van der Waals surface area contributed by atoms with Crippen LogP contribution in [-0.4, -0.2) is 77.4 Å². The zero-order valence-electron chi connectivity index (χ0n) is 24.1. The minimum atomic E-state index is -0.884. The van der Waals surface area contributed by atoms with E-state index in [1.807, 2.05) is 87.6 Å². The highest BCUT2D eigenvalue weighted by molar-refractivity contribution is 5.95. The maximum absolute atomic E-state index is 14.2. The van der Waals surface area contributed by atoms with Crippen molar-refractivity contribution in [3.63, 3.8) is 0 Å². The van der Waals surface area contributed by atoms with Gasteiger partial charge >= 0.3 is 0 Å². The van der Waals surface area contributed by atoms with Gasteiger partial charge in [0.1, 0.15) is 23.9 Å². The number of aromatic nitrogens is 1. The standard InChI is InChI=1S/C32H39N5O4/c1-5-20(2)28-30(38)33-16-14-21-10-12-23(13-11-21)41-27-15-17-37(29(27)31(39)35-28)32(40)26(36(3)4)18-22-19-34-25-9-7-6-8-24(22)25/h6-14,16,19-20,26-29,34H,5,15,17-18H2,1-4H3,(H,33,38)(H,35,39)/b16-14+/t20?,26?,27-,28-,29?/m0/s1. The highest BCUT2D eigenvalue weighted by Crippen LogP contribution is 2.28. The summed E-state index contributed by atoms with van der Waals surface area (Å²) in [5.74, 6) is -0.308. The SMILES string of the molecule is CCC(C)[C@@H]1NC(=O)C2[C@H](CCN2C(=O)C(Cc2c[nH]c3ccccc23)N(C)C)Oc2ccc(cc2)/C=C/NC1=O. The van der Waals surface area contributed by atoms with Crippen molar-refractivity contribution in [2.24, 2.45) is 5.92 Å². The predicted molar refractivity (Wildman–Crippen MR) is 159 cm³/mol. The van der Waals surface area contributed by atoms with Crippen LogP contribution in [0.25, 0.3) is 17.0 Å². The van der Waals surface area contributed by atoms with Crippen molar-refractivity contribution in [2.75, 3.05) is 20.6 Å². The number of benzene rings is 2. The van der Waals surface area contributed by atoms with Gasteiger partial charge in [-0.05, 0) is 61.8 Å². The first-order valence-corrected chi connectivity index (χ1v) is 14.3. The molecule has 3 N–H and O–H groups in total. The van der Waals surface area contributed by atoms with Gasteiger partial charge in [-0.15, -0.1) is 0 Å². The fraction of sp³-hybridized carbons (Fsp3) is 0.406. The van der Waals surface area contributed by atoms with Crippen LogP contribution in [0, 0.1) is 5.92 Å². The summed E-state index contributed by atoms with van der Waals surface area (Å²) < 4.78 is 6.34. The Morgan fingerprint density at radius 2 is 1.85 bits per heavy atom. The first-order chi connectivity index (χ1) is 19.8. The van der Waals surface area contributed by atoms with Crippen LogP contribution in [0.3, 0.4) is 0 Å². The molecule has 3 aromatic rings. The number of hydrogen-bond acceptors (Lipinski definition) is 5. The maximum atomic E-state index is 14.2. The fourth-order valence-corrected chi connectivity index (χ4v) is 5.72. The Bertz CT molecular complexity index is 1430. The van der Waals surface area contributed by atoms with E-state index in [1.165, 1.54) is 0 Å². The molecular weight excluding hydrogens is 518 g/mol. The molecule has 0 spiro atoms. The van der Waals surface area contributed by atoms with E-state index in [0.29, 0.717) is 31.6 Å². The molecule has 2 bridgehead atoms. The van der Waals surface area contributed by atoms with Crippen molar-refractivity contribution in [3.05, 3.63) is 72.1 Å². The van der Waals surface area contributed by atoms with Gasteiger partial charge in [0, 0.05) is 36.3 Å². The molecule has 1 saturated heterocycles. The van der Waals surface area contributed by atoms with Gasteiger partial charge in [0.15, 0.2) is 0 Å². The molecule has 41 heavy (non-hydrogen) atoms. The van der Waals surface area contributed by atoms with Crippen molar-refractivity contribution in [1.29, 1.82) is 0 Å². The molecule has 3 aliphatic heterocycles. The molecule has 0 saturated carbocycles. The van der Waals surface area contributed by atoms with Crippen LogP contribution in [0.15, 0.2) is 60.9 Å². The molecule has 5 atom stereocenters. The van der Waals surface area contributed by atoms with Crippen LogP contribution in [0.4, 0.5) is 0 Å². The van der Waals surface area contributed by atoms with E-state index in [9.17, 15) is 14.4 Å². The van der Waals surface area contributed by atoms with Gasteiger partial charge in [0.05, 0.1) is 6.04 Å². The lowest BCUT2D eigenvalue weighted by Gasteiger charge is -2.34. The first kappa shape index (κ1) is 28.4. The highest BCUT2D eigenvalue weighted by atomic mass is 16.5. The molecule has 1 aromatic heterocycles. The van der Waals surface area contributed by atoms with E-state index < -0.39 is 24.2 Å². The number of nitrogens with zero attached hydrogens (tertiary/aromatic N) is 2. The Morgan fingerprint density at radius 3 is 2.59 bits per heavy atom. The van der Waals surface area contributed by atoms with Crippen molar-refractivity contribution < 1.29 is 19.1 Å². The number of rotatable bonds is 6. The Balaban J connectivity index is 1.47. The van der Waals surface area contributed by atoms with Gasteiger partial charge < -0.3 is 25.3 Å². The number of para-hydroxylation sites is 1. The van der Waals surface area contributed by atoms with Crippen molar-refractivity contribution in [2.45, 2.75) is 57.3 Å². The summed E-state index contributed by atoms with van der Waals surface area (Å²) >= 11 is 0. The molecule has 3 aliphatic rings. The molecule has 2 aromatic carbocycles. The van der Waals surface area contributed by atoms with Gasteiger partial charge in [-0.1, -0.05) is 50.6 Å².